The lowest BCUT2D eigenvalue weighted by atomic mass is 9.99. The van der Waals surface area contributed by atoms with Crippen molar-refractivity contribution in [2.24, 2.45) is 11.8 Å². The molecule has 1 rings (SSSR count). The zero-order chi connectivity index (χ0) is 15.9. The second-order valence-corrected chi connectivity index (χ2v) is 5.07. The fraction of sp³-hybridized carbons (Fsp3) is 0.643. The first-order valence-electron chi connectivity index (χ1n) is 7.20. The number of unbranched alkanes of at least 4 members (excludes halogenated alkanes) is 1. The second-order valence-electron chi connectivity index (χ2n) is 5.07. The normalized spacial score (nSPS) is 13.0. The Bertz CT molecular complexity index is 435. The molecule has 1 heterocycles. The minimum absolute atomic E-state index is 0.00562. The first-order chi connectivity index (χ1) is 9.90. The van der Waals surface area contributed by atoms with Crippen LogP contribution in [0.3, 0.4) is 0 Å². The van der Waals surface area contributed by atoms with E-state index in [1.807, 2.05) is 0 Å². The third-order valence-electron chi connectivity index (χ3n) is 3.42. The average molecular weight is 304 g/mol. The summed E-state index contributed by atoms with van der Waals surface area (Å²) in [6.07, 6.45) is -0.155. The maximum absolute atomic E-state index is 12.8. The molecule has 21 heavy (non-hydrogen) atoms. The minimum atomic E-state index is -4.42. The predicted octanol–water partition coefficient (Wildman–Crippen LogP) is 4.01. The van der Waals surface area contributed by atoms with Gasteiger partial charge in [-0.25, -0.2) is 10.8 Å². The highest BCUT2D eigenvalue weighted by Crippen LogP contribution is 2.32. The number of anilines is 2. The molecule has 0 amide bonds. The van der Waals surface area contributed by atoms with Crippen LogP contribution in [0.1, 0.15) is 45.1 Å². The van der Waals surface area contributed by atoms with Crippen LogP contribution in [0.2, 0.25) is 0 Å². The smallest absolute Gasteiger partial charge is 0.370 e. The Labute approximate surface area is 123 Å². The lowest BCUT2D eigenvalue weighted by Gasteiger charge is -2.17. The molecule has 7 heteroatoms. The van der Waals surface area contributed by atoms with Gasteiger partial charge in [0.2, 0.25) is 0 Å². The molecular weight excluding hydrogens is 281 g/mol. The van der Waals surface area contributed by atoms with E-state index in [4.69, 9.17) is 5.84 Å². The summed E-state index contributed by atoms with van der Waals surface area (Å²) in [5.41, 5.74) is 1.40. The van der Waals surface area contributed by atoms with Crippen LogP contribution in [0, 0.1) is 5.92 Å². The Hall–Kier alpha value is -1.50. The van der Waals surface area contributed by atoms with Crippen LogP contribution >= 0.6 is 0 Å². The summed E-state index contributed by atoms with van der Waals surface area (Å²) in [5, 5.41) is 2.99. The lowest BCUT2D eigenvalue weighted by Crippen LogP contribution is -2.17. The second kappa shape index (κ2) is 8.07. The number of nitrogens with one attached hydrogen (secondary N) is 2. The van der Waals surface area contributed by atoms with E-state index in [9.17, 15) is 13.2 Å². The van der Waals surface area contributed by atoms with E-state index in [1.54, 1.807) is 0 Å². The molecule has 0 saturated carbocycles. The van der Waals surface area contributed by atoms with Crippen LogP contribution in [0.25, 0.3) is 0 Å². The Morgan fingerprint density at radius 3 is 2.43 bits per heavy atom. The number of hydrogen-bond acceptors (Lipinski definition) is 4. The molecule has 1 aromatic rings. The highest BCUT2D eigenvalue weighted by molar-refractivity contribution is 5.49. The Kier molecular flexibility index (Phi) is 6.74. The molecule has 0 aliphatic rings. The molecule has 0 radical (unpaired) electrons. The summed E-state index contributed by atoms with van der Waals surface area (Å²) in [5.74, 6) is 5.78. The molecular formula is C14H23F3N4. The number of aromatic nitrogens is 1. The molecule has 1 unspecified atom stereocenters. The summed E-state index contributed by atoms with van der Waals surface area (Å²) in [4.78, 5) is 4.00. The van der Waals surface area contributed by atoms with Crippen LogP contribution in [-0.4, -0.2) is 11.5 Å². The van der Waals surface area contributed by atoms with Gasteiger partial charge in [0.25, 0.3) is 0 Å². The molecule has 0 aromatic carbocycles. The van der Waals surface area contributed by atoms with Crippen molar-refractivity contribution in [2.75, 3.05) is 17.3 Å². The molecule has 120 valence electrons. The number of nitrogen functional groups attached to an aromatic ring is 1. The molecule has 1 aromatic heterocycles. The maximum atomic E-state index is 12.8. The molecule has 0 spiro atoms. The number of nitrogens with zero attached hydrogens (tertiary/aromatic N) is 1. The van der Waals surface area contributed by atoms with Crippen molar-refractivity contribution in [3.8, 4) is 0 Å². The zero-order valence-electron chi connectivity index (χ0n) is 12.4. The third kappa shape index (κ3) is 5.79. The number of pyridine rings is 1. The highest BCUT2D eigenvalue weighted by atomic mass is 19.4. The van der Waals surface area contributed by atoms with Crippen molar-refractivity contribution in [1.29, 1.82) is 0 Å². The summed E-state index contributed by atoms with van der Waals surface area (Å²) in [6.45, 7) is 4.80. The number of hydrazine groups is 1. The molecule has 0 aliphatic carbocycles. The van der Waals surface area contributed by atoms with Gasteiger partial charge in [-0.15, -0.1) is 0 Å². The predicted molar refractivity (Wildman–Crippen MR) is 78.8 cm³/mol. The summed E-state index contributed by atoms with van der Waals surface area (Å²) < 4.78 is 38.4. The van der Waals surface area contributed by atoms with E-state index in [2.05, 4.69) is 29.6 Å². The topological polar surface area (TPSA) is 63.0 Å². The number of hydrogen-bond donors (Lipinski definition) is 3. The standard InChI is InChI=1S/C14H23F3N4/c1-3-5-6-10(4-2)9-19-12-7-11(14(15,16)17)8-13(20-12)21-18/h7-8,10H,3-6,9,18H2,1-2H3,(H2,19,20,21). The van der Waals surface area contributed by atoms with E-state index >= 15 is 0 Å². The minimum Gasteiger partial charge on any atom is -0.370 e. The molecule has 0 fully saturated rings. The van der Waals surface area contributed by atoms with Gasteiger partial charge in [-0.1, -0.05) is 33.1 Å². The van der Waals surface area contributed by atoms with Gasteiger partial charge < -0.3 is 10.7 Å². The van der Waals surface area contributed by atoms with Gasteiger partial charge in [-0.2, -0.15) is 13.2 Å². The van der Waals surface area contributed by atoms with Gasteiger partial charge in [0.1, 0.15) is 11.6 Å². The van der Waals surface area contributed by atoms with Gasteiger partial charge >= 0.3 is 6.18 Å². The first kappa shape index (κ1) is 17.6. The summed E-state index contributed by atoms with van der Waals surface area (Å²) in [6, 6.07) is 1.90. The van der Waals surface area contributed by atoms with Crippen molar-refractivity contribution in [3.05, 3.63) is 17.7 Å². The van der Waals surface area contributed by atoms with Crippen molar-refractivity contribution in [2.45, 2.75) is 45.7 Å². The van der Waals surface area contributed by atoms with Crippen LogP contribution in [-0.2, 0) is 6.18 Å². The highest BCUT2D eigenvalue weighted by Gasteiger charge is 2.31. The van der Waals surface area contributed by atoms with E-state index in [0.717, 1.165) is 37.8 Å². The summed E-state index contributed by atoms with van der Waals surface area (Å²) in [7, 11) is 0. The third-order valence-corrected chi connectivity index (χ3v) is 3.42. The number of alkyl halides is 3. The van der Waals surface area contributed by atoms with Crippen LogP contribution < -0.4 is 16.6 Å². The van der Waals surface area contributed by atoms with Gasteiger partial charge in [-0.3, -0.25) is 0 Å². The van der Waals surface area contributed by atoms with E-state index in [0.29, 0.717) is 12.5 Å². The summed E-state index contributed by atoms with van der Waals surface area (Å²) >= 11 is 0. The molecule has 4 N–H and O–H groups in total. The van der Waals surface area contributed by atoms with Gasteiger partial charge in [0, 0.05) is 6.54 Å². The largest absolute Gasteiger partial charge is 0.416 e. The first-order valence-corrected chi connectivity index (χ1v) is 7.20. The van der Waals surface area contributed by atoms with Crippen molar-refractivity contribution in [3.63, 3.8) is 0 Å². The fourth-order valence-corrected chi connectivity index (χ4v) is 2.05. The SMILES string of the molecule is CCCCC(CC)CNc1cc(C(F)(F)F)cc(NN)n1. The van der Waals surface area contributed by atoms with Gasteiger partial charge in [0.05, 0.1) is 5.56 Å². The van der Waals surface area contributed by atoms with Crippen molar-refractivity contribution in [1.82, 2.24) is 4.98 Å². The van der Waals surface area contributed by atoms with Crippen molar-refractivity contribution >= 4 is 11.6 Å². The Balaban J connectivity index is 2.78. The number of nitrogens with two attached hydrogens (primary N) is 1. The lowest BCUT2D eigenvalue weighted by molar-refractivity contribution is -0.137. The quantitative estimate of drug-likeness (QED) is 0.501. The van der Waals surface area contributed by atoms with Crippen LogP contribution in [0.4, 0.5) is 24.8 Å². The van der Waals surface area contributed by atoms with Gasteiger partial charge in [-0.05, 0) is 24.5 Å². The van der Waals surface area contributed by atoms with Gasteiger partial charge in [0.15, 0.2) is 0 Å². The maximum Gasteiger partial charge on any atom is 0.416 e. The van der Waals surface area contributed by atoms with Crippen molar-refractivity contribution < 1.29 is 13.2 Å². The van der Waals surface area contributed by atoms with E-state index in [1.165, 1.54) is 0 Å². The molecule has 0 aliphatic heterocycles. The van der Waals surface area contributed by atoms with Crippen LogP contribution in [0.5, 0.6) is 0 Å². The van der Waals surface area contributed by atoms with E-state index in [-0.39, 0.29) is 11.6 Å². The van der Waals surface area contributed by atoms with E-state index < -0.39 is 11.7 Å². The molecule has 1 atom stereocenters. The average Bonchev–Trinajstić information content (AvgIpc) is 2.46. The zero-order valence-corrected chi connectivity index (χ0v) is 12.4. The molecule has 4 nitrogen and oxygen atoms in total. The molecule has 0 saturated heterocycles. The fourth-order valence-electron chi connectivity index (χ4n) is 2.05. The Morgan fingerprint density at radius 2 is 1.90 bits per heavy atom. The number of halogens is 3. The van der Waals surface area contributed by atoms with Crippen LogP contribution in [0.15, 0.2) is 12.1 Å². The Morgan fingerprint density at radius 1 is 1.24 bits per heavy atom. The monoisotopic (exact) mass is 304 g/mol. The number of rotatable bonds is 8. The molecule has 0 bridgehead atoms.